The van der Waals surface area contributed by atoms with Crippen LogP contribution in [0.25, 0.3) is 0 Å². The molecule has 1 aromatic rings. The van der Waals surface area contributed by atoms with E-state index in [0.29, 0.717) is 24.7 Å². The average Bonchev–Trinajstić information content (AvgIpc) is 2.82. The monoisotopic (exact) mass is 237 g/mol. The zero-order chi connectivity index (χ0) is 12.1. The number of methoxy groups -OCH3 is 1. The molecule has 0 amide bonds. The van der Waals surface area contributed by atoms with Gasteiger partial charge in [-0.15, -0.1) is 0 Å². The third-order valence-electron chi connectivity index (χ3n) is 2.89. The van der Waals surface area contributed by atoms with Crippen molar-refractivity contribution in [1.82, 2.24) is 0 Å². The first kappa shape index (κ1) is 12.2. The first-order chi connectivity index (χ1) is 8.29. The number of benzene rings is 1. The molecule has 0 aromatic heterocycles. The summed E-state index contributed by atoms with van der Waals surface area (Å²) in [5.41, 5.74) is 7.52. The van der Waals surface area contributed by atoms with Crippen molar-refractivity contribution in [3.63, 3.8) is 0 Å². The molecule has 4 nitrogen and oxygen atoms in total. The Kier molecular flexibility index (Phi) is 4.23. The van der Waals surface area contributed by atoms with Crippen LogP contribution < -0.4 is 10.5 Å². The minimum atomic E-state index is 0.269. The standard InChI is InChI=1S/C13H19NO3/c1-15-13-5-4-10(7-12(13)14)8-16-9-11-3-2-6-17-11/h4-5,7,11H,2-3,6,8-9,14H2,1H3. The van der Waals surface area contributed by atoms with E-state index in [0.717, 1.165) is 25.0 Å². The van der Waals surface area contributed by atoms with Crippen LogP contribution in [-0.2, 0) is 16.1 Å². The fourth-order valence-electron chi connectivity index (χ4n) is 1.96. The van der Waals surface area contributed by atoms with Crippen LogP contribution in [0.1, 0.15) is 18.4 Å². The molecule has 0 radical (unpaired) electrons. The van der Waals surface area contributed by atoms with Gasteiger partial charge in [0.25, 0.3) is 0 Å². The fourth-order valence-corrected chi connectivity index (χ4v) is 1.96. The molecule has 1 aliphatic rings. The summed E-state index contributed by atoms with van der Waals surface area (Å²) in [5, 5.41) is 0. The van der Waals surface area contributed by atoms with Crippen LogP contribution in [0.15, 0.2) is 18.2 Å². The van der Waals surface area contributed by atoms with Gasteiger partial charge >= 0.3 is 0 Å². The van der Waals surface area contributed by atoms with Crippen molar-refractivity contribution >= 4 is 5.69 Å². The quantitative estimate of drug-likeness (QED) is 0.795. The van der Waals surface area contributed by atoms with Crippen LogP contribution in [0.5, 0.6) is 5.75 Å². The van der Waals surface area contributed by atoms with E-state index in [1.54, 1.807) is 7.11 Å². The zero-order valence-electron chi connectivity index (χ0n) is 10.1. The van der Waals surface area contributed by atoms with Gasteiger partial charge in [-0.2, -0.15) is 0 Å². The third kappa shape index (κ3) is 3.35. The number of nitrogen functional groups attached to an aromatic ring is 1. The van der Waals surface area contributed by atoms with E-state index < -0.39 is 0 Å². The normalized spacial score (nSPS) is 19.5. The van der Waals surface area contributed by atoms with Crippen molar-refractivity contribution in [2.45, 2.75) is 25.6 Å². The molecule has 1 unspecified atom stereocenters. The van der Waals surface area contributed by atoms with E-state index in [-0.39, 0.29) is 6.10 Å². The minimum Gasteiger partial charge on any atom is -0.495 e. The van der Waals surface area contributed by atoms with E-state index in [1.807, 2.05) is 18.2 Å². The Morgan fingerprint density at radius 1 is 1.47 bits per heavy atom. The van der Waals surface area contributed by atoms with Gasteiger partial charge in [-0.1, -0.05) is 6.07 Å². The Balaban J connectivity index is 1.80. The molecule has 1 saturated heterocycles. The summed E-state index contributed by atoms with van der Waals surface area (Å²) < 4.78 is 16.2. The fraction of sp³-hybridized carbons (Fsp3) is 0.538. The predicted molar refractivity (Wildman–Crippen MR) is 66.0 cm³/mol. The molecule has 0 spiro atoms. The van der Waals surface area contributed by atoms with Gasteiger partial charge in [0.05, 0.1) is 32.1 Å². The summed E-state index contributed by atoms with van der Waals surface area (Å²) in [6, 6.07) is 5.71. The molecule has 1 atom stereocenters. The molecule has 94 valence electrons. The largest absolute Gasteiger partial charge is 0.495 e. The second kappa shape index (κ2) is 5.89. The average molecular weight is 237 g/mol. The highest BCUT2D eigenvalue weighted by molar-refractivity contribution is 5.54. The molecule has 0 bridgehead atoms. The number of nitrogens with two attached hydrogens (primary N) is 1. The summed E-state index contributed by atoms with van der Waals surface area (Å²) in [4.78, 5) is 0. The van der Waals surface area contributed by atoms with Gasteiger partial charge in [-0.05, 0) is 30.5 Å². The first-order valence-corrected chi connectivity index (χ1v) is 5.91. The lowest BCUT2D eigenvalue weighted by Gasteiger charge is -2.11. The number of hydrogen-bond donors (Lipinski definition) is 1. The number of hydrogen-bond acceptors (Lipinski definition) is 4. The van der Waals surface area contributed by atoms with Crippen LogP contribution >= 0.6 is 0 Å². The molecule has 1 heterocycles. The van der Waals surface area contributed by atoms with Gasteiger partial charge in [-0.25, -0.2) is 0 Å². The van der Waals surface area contributed by atoms with Gasteiger partial charge in [0.15, 0.2) is 0 Å². The van der Waals surface area contributed by atoms with Crippen LogP contribution in [-0.4, -0.2) is 26.4 Å². The molecule has 0 aliphatic carbocycles. The van der Waals surface area contributed by atoms with Crippen molar-refractivity contribution in [2.75, 3.05) is 26.1 Å². The van der Waals surface area contributed by atoms with E-state index in [9.17, 15) is 0 Å². The zero-order valence-corrected chi connectivity index (χ0v) is 10.1. The summed E-state index contributed by atoms with van der Waals surface area (Å²) >= 11 is 0. The predicted octanol–water partition coefficient (Wildman–Crippen LogP) is 1.97. The Morgan fingerprint density at radius 2 is 2.35 bits per heavy atom. The van der Waals surface area contributed by atoms with Crippen molar-refractivity contribution < 1.29 is 14.2 Å². The Hall–Kier alpha value is -1.26. The highest BCUT2D eigenvalue weighted by atomic mass is 16.5. The summed E-state index contributed by atoms with van der Waals surface area (Å²) in [7, 11) is 1.61. The van der Waals surface area contributed by atoms with Crippen LogP contribution in [0, 0.1) is 0 Å². The van der Waals surface area contributed by atoms with E-state index >= 15 is 0 Å². The third-order valence-corrected chi connectivity index (χ3v) is 2.89. The van der Waals surface area contributed by atoms with Gasteiger partial charge < -0.3 is 19.9 Å². The lowest BCUT2D eigenvalue weighted by atomic mass is 10.2. The highest BCUT2D eigenvalue weighted by Gasteiger charge is 2.15. The molecule has 17 heavy (non-hydrogen) atoms. The van der Waals surface area contributed by atoms with E-state index in [4.69, 9.17) is 19.9 Å². The topological polar surface area (TPSA) is 53.7 Å². The van der Waals surface area contributed by atoms with Gasteiger partial charge in [0.1, 0.15) is 5.75 Å². The maximum absolute atomic E-state index is 5.82. The van der Waals surface area contributed by atoms with E-state index in [2.05, 4.69) is 0 Å². The second-order valence-corrected chi connectivity index (χ2v) is 4.23. The molecular weight excluding hydrogens is 218 g/mol. The summed E-state index contributed by atoms with van der Waals surface area (Å²) in [6.45, 7) is 2.09. The molecule has 4 heteroatoms. The van der Waals surface area contributed by atoms with Gasteiger partial charge in [-0.3, -0.25) is 0 Å². The smallest absolute Gasteiger partial charge is 0.141 e. The van der Waals surface area contributed by atoms with Crippen molar-refractivity contribution in [3.05, 3.63) is 23.8 Å². The Bertz CT molecular complexity index is 362. The first-order valence-electron chi connectivity index (χ1n) is 5.91. The molecule has 0 saturated carbocycles. The van der Waals surface area contributed by atoms with Crippen molar-refractivity contribution in [3.8, 4) is 5.75 Å². The molecule has 1 aromatic carbocycles. The minimum absolute atomic E-state index is 0.269. The molecule has 1 aliphatic heterocycles. The number of ether oxygens (including phenoxy) is 3. The van der Waals surface area contributed by atoms with Crippen LogP contribution in [0.3, 0.4) is 0 Å². The van der Waals surface area contributed by atoms with Gasteiger partial charge in [0, 0.05) is 6.61 Å². The lowest BCUT2D eigenvalue weighted by molar-refractivity contribution is 0.0106. The summed E-state index contributed by atoms with van der Waals surface area (Å²) in [5.74, 6) is 0.702. The molecule has 2 N–H and O–H groups in total. The molecule has 2 rings (SSSR count). The van der Waals surface area contributed by atoms with Crippen LogP contribution in [0.4, 0.5) is 5.69 Å². The van der Waals surface area contributed by atoms with E-state index in [1.165, 1.54) is 0 Å². The Labute approximate surface area is 102 Å². The van der Waals surface area contributed by atoms with Crippen LogP contribution in [0.2, 0.25) is 0 Å². The lowest BCUT2D eigenvalue weighted by Crippen LogP contribution is -2.13. The van der Waals surface area contributed by atoms with Crippen molar-refractivity contribution in [2.24, 2.45) is 0 Å². The SMILES string of the molecule is COc1ccc(COCC2CCCO2)cc1N. The molecular formula is C13H19NO3. The number of rotatable bonds is 5. The highest BCUT2D eigenvalue weighted by Crippen LogP contribution is 2.22. The maximum Gasteiger partial charge on any atom is 0.141 e. The van der Waals surface area contributed by atoms with Crippen molar-refractivity contribution in [1.29, 1.82) is 0 Å². The summed E-state index contributed by atoms with van der Waals surface area (Å²) in [6.07, 6.45) is 2.51. The maximum atomic E-state index is 5.82. The number of anilines is 1. The molecule has 1 fully saturated rings. The Morgan fingerprint density at radius 3 is 3.00 bits per heavy atom. The van der Waals surface area contributed by atoms with Gasteiger partial charge in [0.2, 0.25) is 0 Å². The second-order valence-electron chi connectivity index (χ2n) is 4.23.